The van der Waals surface area contributed by atoms with E-state index in [1.165, 1.54) is 12.8 Å². The van der Waals surface area contributed by atoms with Crippen molar-refractivity contribution in [2.24, 2.45) is 5.92 Å². The molecule has 1 N–H and O–H groups in total. The molecule has 1 rings (SSSR count). The summed E-state index contributed by atoms with van der Waals surface area (Å²) in [7, 11) is 0. The molecule has 0 unspecified atom stereocenters. The maximum atomic E-state index is 7.76. The normalized spacial score (nSPS) is 17.5. The van der Waals surface area contributed by atoms with Gasteiger partial charge in [-0.1, -0.05) is 13.8 Å². The van der Waals surface area contributed by atoms with Crippen LogP contribution in [0.2, 0.25) is 0 Å². The van der Waals surface area contributed by atoms with Crippen LogP contribution in [0.15, 0.2) is 0 Å². The fourth-order valence-corrected chi connectivity index (χ4v) is 1.73. The van der Waals surface area contributed by atoms with E-state index in [1.807, 2.05) is 0 Å². The van der Waals surface area contributed by atoms with Gasteiger partial charge in [0.2, 0.25) is 0 Å². The van der Waals surface area contributed by atoms with Gasteiger partial charge in [0, 0.05) is 26.1 Å². The van der Waals surface area contributed by atoms with Crippen LogP contribution in [-0.4, -0.2) is 37.0 Å². The molecular weight excluding hydrogens is 188 g/mol. The van der Waals surface area contributed by atoms with Crippen molar-refractivity contribution in [2.75, 3.05) is 26.3 Å². The van der Waals surface area contributed by atoms with Crippen LogP contribution < -0.4 is 0 Å². The molecule has 0 bridgehead atoms. The number of ether oxygens (including phenoxy) is 1. The molecule has 0 aromatic carbocycles. The van der Waals surface area contributed by atoms with Crippen molar-refractivity contribution < 1.29 is 4.74 Å². The number of likely N-dealkylation sites (tertiary alicyclic amines) is 1. The predicted octanol–water partition coefficient (Wildman–Crippen LogP) is 2.51. The minimum Gasteiger partial charge on any atom is -0.380 e. The second kappa shape index (κ2) is 6.83. The lowest BCUT2D eigenvalue weighted by atomic mass is 10.1. The van der Waals surface area contributed by atoms with Gasteiger partial charge in [-0.05, 0) is 25.2 Å². The number of amidine groups is 1. The van der Waals surface area contributed by atoms with Gasteiger partial charge in [-0.25, -0.2) is 0 Å². The third-order valence-corrected chi connectivity index (χ3v) is 2.82. The van der Waals surface area contributed by atoms with Crippen molar-refractivity contribution in [2.45, 2.75) is 39.5 Å². The van der Waals surface area contributed by atoms with Crippen LogP contribution in [-0.2, 0) is 4.74 Å². The van der Waals surface area contributed by atoms with Crippen LogP contribution in [0.5, 0.6) is 0 Å². The Morgan fingerprint density at radius 2 is 2.13 bits per heavy atom. The van der Waals surface area contributed by atoms with Crippen LogP contribution >= 0.6 is 0 Å². The number of piperidine rings is 1. The summed E-state index contributed by atoms with van der Waals surface area (Å²) in [4.78, 5) is 2.15. The number of nitrogens with one attached hydrogen (secondary N) is 1. The zero-order valence-corrected chi connectivity index (χ0v) is 10.1. The van der Waals surface area contributed by atoms with E-state index < -0.39 is 0 Å². The van der Waals surface area contributed by atoms with Gasteiger partial charge in [-0.2, -0.15) is 0 Å². The highest BCUT2D eigenvalue weighted by atomic mass is 16.5. The second-order valence-electron chi connectivity index (χ2n) is 4.69. The van der Waals surface area contributed by atoms with Crippen LogP contribution in [0.25, 0.3) is 0 Å². The van der Waals surface area contributed by atoms with Gasteiger partial charge >= 0.3 is 0 Å². The Morgan fingerprint density at radius 3 is 2.80 bits per heavy atom. The van der Waals surface area contributed by atoms with Gasteiger partial charge in [0.1, 0.15) is 0 Å². The number of rotatable bonds is 6. The molecule has 1 aliphatic rings. The first kappa shape index (κ1) is 12.5. The molecule has 0 aromatic heterocycles. The monoisotopic (exact) mass is 212 g/mol. The minimum atomic E-state index is 0.721. The molecule has 0 amide bonds. The lowest BCUT2D eigenvalue weighted by molar-refractivity contribution is 0.109. The van der Waals surface area contributed by atoms with E-state index in [9.17, 15) is 0 Å². The molecule has 1 fully saturated rings. The third-order valence-electron chi connectivity index (χ3n) is 2.82. The van der Waals surface area contributed by atoms with Crippen LogP contribution in [0.3, 0.4) is 0 Å². The van der Waals surface area contributed by atoms with Gasteiger partial charge in [-0.3, -0.25) is 5.41 Å². The molecule has 0 aliphatic carbocycles. The predicted molar refractivity (Wildman–Crippen MR) is 63.4 cm³/mol. The summed E-state index contributed by atoms with van der Waals surface area (Å²) in [6.07, 6.45) is 4.50. The van der Waals surface area contributed by atoms with Crippen molar-refractivity contribution in [3.63, 3.8) is 0 Å². The number of nitrogens with zero attached hydrogens (tertiary/aromatic N) is 1. The molecule has 15 heavy (non-hydrogen) atoms. The highest BCUT2D eigenvalue weighted by Crippen LogP contribution is 2.10. The third kappa shape index (κ3) is 5.17. The quantitative estimate of drug-likeness (QED) is 0.687. The smallest absolute Gasteiger partial charge is 0.0958 e. The first-order valence-electron chi connectivity index (χ1n) is 6.10. The largest absolute Gasteiger partial charge is 0.380 e. The van der Waals surface area contributed by atoms with Gasteiger partial charge < -0.3 is 9.64 Å². The van der Waals surface area contributed by atoms with Crippen molar-refractivity contribution in [1.82, 2.24) is 4.90 Å². The Balaban J connectivity index is 2.01. The number of hydrogen-bond acceptors (Lipinski definition) is 2. The van der Waals surface area contributed by atoms with E-state index in [4.69, 9.17) is 10.1 Å². The van der Waals surface area contributed by atoms with E-state index in [0.717, 1.165) is 50.9 Å². The van der Waals surface area contributed by atoms with E-state index in [-0.39, 0.29) is 0 Å². The number of hydrogen-bond donors (Lipinski definition) is 1. The average molecular weight is 212 g/mol. The van der Waals surface area contributed by atoms with Crippen LogP contribution in [0, 0.1) is 11.3 Å². The molecular formula is C12H24N2O. The van der Waals surface area contributed by atoms with E-state index in [0.29, 0.717) is 0 Å². The van der Waals surface area contributed by atoms with Gasteiger partial charge in [0.25, 0.3) is 0 Å². The lowest BCUT2D eigenvalue weighted by Crippen LogP contribution is -2.37. The molecule has 0 atom stereocenters. The van der Waals surface area contributed by atoms with Crippen molar-refractivity contribution in [1.29, 1.82) is 5.41 Å². The fourth-order valence-electron chi connectivity index (χ4n) is 1.73. The van der Waals surface area contributed by atoms with E-state index in [2.05, 4.69) is 18.7 Å². The molecule has 0 spiro atoms. The maximum Gasteiger partial charge on any atom is 0.0958 e. The highest BCUT2D eigenvalue weighted by molar-refractivity contribution is 5.79. The zero-order valence-electron chi connectivity index (χ0n) is 10.1. The van der Waals surface area contributed by atoms with Gasteiger partial charge in [0.15, 0.2) is 0 Å². The Hall–Kier alpha value is -0.570. The van der Waals surface area contributed by atoms with Crippen molar-refractivity contribution in [3.05, 3.63) is 0 Å². The Morgan fingerprint density at radius 1 is 1.33 bits per heavy atom. The van der Waals surface area contributed by atoms with Crippen LogP contribution in [0.1, 0.15) is 39.5 Å². The fraction of sp³-hybridized carbons (Fsp3) is 0.917. The average Bonchev–Trinajstić information content (AvgIpc) is 2.20. The molecule has 1 aliphatic heterocycles. The minimum absolute atomic E-state index is 0.721. The van der Waals surface area contributed by atoms with Gasteiger partial charge in [0.05, 0.1) is 12.4 Å². The van der Waals surface area contributed by atoms with Crippen molar-refractivity contribution >= 4 is 5.84 Å². The molecule has 0 radical (unpaired) electrons. The Labute approximate surface area is 93.3 Å². The molecule has 88 valence electrons. The molecule has 3 heteroatoms. The van der Waals surface area contributed by atoms with Crippen LogP contribution in [0.4, 0.5) is 0 Å². The van der Waals surface area contributed by atoms with E-state index in [1.54, 1.807) is 0 Å². The molecule has 1 heterocycles. The molecule has 0 aromatic rings. The molecule has 0 saturated carbocycles. The standard InChI is InChI=1S/C12H24N2O/c1-11(2)6-9-15-10-8-14-7-4-3-5-12(14)13/h11,13H,3-10H2,1-2H3. The summed E-state index contributed by atoms with van der Waals surface area (Å²) >= 11 is 0. The Bertz CT molecular complexity index is 192. The SMILES string of the molecule is CC(C)CCOCCN1CCCCC1=N. The summed E-state index contributed by atoms with van der Waals surface area (Å²) < 4.78 is 5.56. The summed E-state index contributed by atoms with van der Waals surface area (Å²) in [5.74, 6) is 1.52. The van der Waals surface area contributed by atoms with Gasteiger partial charge in [-0.15, -0.1) is 0 Å². The Kier molecular flexibility index (Phi) is 5.69. The van der Waals surface area contributed by atoms with E-state index >= 15 is 0 Å². The maximum absolute atomic E-state index is 7.76. The van der Waals surface area contributed by atoms with Crippen molar-refractivity contribution in [3.8, 4) is 0 Å². The first-order valence-corrected chi connectivity index (χ1v) is 6.10. The summed E-state index contributed by atoms with van der Waals surface area (Å²) in [6.45, 7) is 8.00. The summed E-state index contributed by atoms with van der Waals surface area (Å²) in [5, 5.41) is 7.76. The highest BCUT2D eigenvalue weighted by Gasteiger charge is 2.13. The lowest BCUT2D eigenvalue weighted by Gasteiger charge is -2.29. The molecule has 3 nitrogen and oxygen atoms in total. The second-order valence-corrected chi connectivity index (χ2v) is 4.69. The topological polar surface area (TPSA) is 36.3 Å². The zero-order chi connectivity index (χ0) is 11.1. The summed E-state index contributed by atoms with van der Waals surface area (Å²) in [5.41, 5.74) is 0. The summed E-state index contributed by atoms with van der Waals surface area (Å²) in [6, 6.07) is 0. The molecule has 1 saturated heterocycles. The first-order chi connectivity index (χ1) is 7.20.